The van der Waals surface area contributed by atoms with E-state index in [0.29, 0.717) is 48.8 Å². The van der Waals surface area contributed by atoms with Crippen molar-refractivity contribution < 1.29 is 13.5 Å². The van der Waals surface area contributed by atoms with Gasteiger partial charge in [-0.2, -0.15) is 0 Å². The van der Waals surface area contributed by atoms with Gasteiger partial charge in [-0.15, -0.1) is 0 Å². The van der Waals surface area contributed by atoms with Gasteiger partial charge in [0.2, 0.25) is 0 Å². The van der Waals surface area contributed by atoms with E-state index in [0.717, 1.165) is 10.8 Å². The minimum Gasteiger partial charge on any atom is -0.391 e. The minimum absolute atomic E-state index is 0.287. The summed E-state index contributed by atoms with van der Waals surface area (Å²) in [6.07, 6.45) is 9.64. The lowest BCUT2D eigenvalue weighted by Crippen LogP contribution is -2.22. The monoisotopic (exact) mass is 410 g/mol. The number of hydrogen-bond acceptors (Lipinski definition) is 6. The molecule has 8 heteroatoms. The van der Waals surface area contributed by atoms with Gasteiger partial charge in [0.05, 0.1) is 16.5 Å². The third-order valence-electron chi connectivity index (χ3n) is 5.67. The summed E-state index contributed by atoms with van der Waals surface area (Å²) in [7, 11) is -3.81. The van der Waals surface area contributed by atoms with E-state index in [1.54, 1.807) is 30.6 Å². The van der Waals surface area contributed by atoms with Gasteiger partial charge >= 0.3 is 0 Å². The Labute approximate surface area is 169 Å². The van der Waals surface area contributed by atoms with E-state index in [9.17, 15) is 13.5 Å². The Balaban J connectivity index is 1.75. The highest BCUT2D eigenvalue weighted by Gasteiger charge is 2.28. The van der Waals surface area contributed by atoms with Crippen molar-refractivity contribution >= 4 is 37.8 Å². The molecule has 1 unspecified atom stereocenters. The second-order valence-corrected chi connectivity index (χ2v) is 9.56. The number of nitrogens with zero attached hydrogens (tertiary/aromatic N) is 4. The van der Waals surface area contributed by atoms with Gasteiger partial charge in [-0.05, 0) is 43.0 Å². The molecular weight excluding hydrogens is 388 g/mol. The van der Waals surface area contributed by atoms with Crippen LogP contribution in [0.15, 0.2) is 53.7 Å². The number of allylic oxidation sites excluding steroid dienone is 3. The number of hydrogen-bond donors (Lipinski definition) is 1. The first kappa shape index (κ1) is 18.3. The molecule has 5 rings (SSSR count). The van der Waals surface area contributed by atoms with Crippen LogP contribution >= 0.6 is 0 Å². The third kappa shape index (κ3) is 2.94. The SMILES string of the molecule is CC1C=CC(S(=O)(=O)n2c3ccncc3c3ccc(N4CC[C@@H](O)C4)nc32)=CC1. The molecule has 1 N–H and O–H groups in total. The van der Waals surface area contributed by atoms with Crippen LogP contribution in [0.25, 0.3) is 21.9 Å². The van der Waals surface area contributed by atoms with Crippen molar-refractivity contribution in [2.45, 2.75) is 25.9 Å². The molecule has 2 aliphatic rings. The topological polar surface area (TPSA) is 88.3 Å². The summed E-state index contributed by atoms with van der Waals surface area (Å²) < 4.78 is 28.5. The summed E-state index contributed by atoms with van der Waals surface area (Å²) in [5, 5.41) is 11.4. The number of β-amino-alcohol motifs (C(OH)–C–C–N with tert-alkyl or cyclic N) is 1. The Hall–Kier alpha value is -2.71. The molecule has 3 aromatic rings. The molecule has 4 heterocycles. The fourth-order valence-electron chi connectivity index (χ4n) is 4.06. The van der Waals surface area contributed by atoms with Gasteiger partial charge in [0.15, 0.2) is 5.65 Å². The summed E-state index contributed by atoms with van der Waals surface area (Å²) >= 11 is 0. The smallest absolute Gasteiger partial charge is 0.269 e. The lowest BCUT2D eigenvalue weighted by atomic mass is 10.0. The summed E-state index contributed by atoms with van der Waals surface area (Å²) in [5.41, 5.74) is 0.953. The number of anilines is 1. The van der Waals surface area contributed by atoms with Crippen LogP contribution < -0.4 is 4.90 Å². The zero-order valence-electron chi connectivity index (χ0n) is 16.1. The Morgan fingerprint density at radius 1 is 1.21 bits per heavy atom. The van der Waals surface area contributed by atoms with E-state index in [2.05, 4.69) is 11.9 Å². The zero-order chi connectivity index (χ0) is 20.2. The fraction of sp³-hybridized carbons (Fsp3) is 0.333. The first-order valence-corrected chi connectivity index (χ1v) is 11.2. The molecule has 7 nitrogen and oxygen atoms in total. The van der Waals surface area contributed by atoms with Crippen LogP contribution in [0.5, 0.6) is 0 Å². The highest BCUT2D eigenvalue weighted by Crippen LogP contribution is 2.33. The Bertz CT molecular complexity index is 1280. The maximum absolute atomic E-state index is 13.6. The zero-order valence-corrected chi connectivity index (χ0v) is 16.9. The van der Waals surface area contributed by atoms with E-state index in [-0.39, 0.29) is 11.0 Å². The van der Waals surface area contributed by atoms with Crippen molar-refractivity contribution in [3.8, 4) is 0 Å². The Morgan fingerprint density at radius 3 is 2.79 bits per heavy atom. The highest BCUT2D eigenvalue weighted by molar-refractivity contribution is 7.94. The largest absolute Gasteiger partial charge is 0.391 e. The Morgan fingerprint density at radius 2 is 2.07 bits per heavy atom. The molecule has 0 amide bonds. The number of aliphatic hydroxyl groups is 1. The second-order valence-electron chi connectivity index (χ2n) is 7.77. The number of aromatic nitrogens is 3. The van der Waals surface area contributed by atoms with Gasteiger partial charge in [0.1, 0.15) is 5.82 Å². The lowest BCUT2D eigenvalue weighted by Gasteiger charge is -2.17. The number of rotatable bonds is 3. The van der Waals surface area contributed by atoms with E-state index in [4.69, 9.17) is 4.98 Å². The van der Waals surface area contributed by atoms with Crippen LogP contribution in [0.2, 0.25) is 0 Å². The molecule has 1 fully saturated rings. The summed E-state index contributed by atoms with van der Waals surface area (Å²) in [6, 6.07) is 5.49. The molecule has 29 heavy (non-hydrogen) atoms. The van der Waals surface area contributed by atoms with Gasteiger partial charge in [-0.1, -0.05) is 19.1 Å². The van der Waals surface area contributed by atoms with Crippen molar-refractivity contribution in [1.29, 1.82) is 0 Å². The van der Waals surface area contributed by atoms with Crippen LogP contribution in [0.1, 0.15) is 19.8 Å². The quantitative estimate of drug-likeness (QED) is 0.714. The lowest BCUT2D eigenvalue weighted by molar-refractivity contribution is 0.198. The van der Waals surface area contributed by atoms with Gasteiger partial charge < -0.3 is 10.0 Å². The molecule has 1 aliphatic carbocycles. The van der Waals surface area contributed by atoms with Crippen molar-refractivity contribution in [1.82, 2.24) is 13.9 Å². The van der Waals surface area contributed by atoms with Crippen LogP contribution in [0.3, 0.4) is 0 Å². The molecule has 1 saturated heterocycles. The number of aliphatic hydroxyl groups excluding tert-OH is 1. The molecule has 0 radical (unpaired) electrons. The first-order chi connectivity index (χ1) is 13.9. The predicted octanol–water partition coefficient (Wildman–Crippen LogP) is 2.81. The van der Waals surface area contributed by atoms with Gasteiger partial charge in [0.25, 0.3) is 10.0 Å². The van der Waals surface area contributed by atoms with Crippen LogP contribution in [0, 0.1) is 5.92 Å². The molecule has 150 valence electrons. The minimum atomic E-state index is -3.81. The van der Waals surface area contributed by atoms with Gasteiger partial charge in [0, 0.05) is 36.3 Å². The highest BCUT2D eigenvalue weighted by atomic mass is 32.2. The first-order valence-electron chi connectivity index (χ1n) is 9.77. The molecule has 2 atom stereocenters. The standard InChI is InChI=1S/C21H22N4O3S/c1-14-2-4-16(5-3-14)29(27,28)25-19-8-10-22-12-18(19)17-6-7-20(23-21(17)25)24-11-9-15(26)13-24/h2,4-8,10,12,14-15,26H,3,9,11,13H2,1H3/t14?,15-/m1/s1. The van der Waals surface area contributed by atoms with Crippen molar-refractivity contribution in [3.05, 3.63) is 53.7 Å². The van der Waals surface area contributed by atoms with Crippen LogP contribution in [-0.2, 0) is 10.0 Å². The molecule has 0 aromatic carbocycles. The maximum Gasteiger partial charge on any atom is 0.269 e. The maximum atomic E-state index is 13.6. The summed E-state index contributed by atoms with van der Waals surface area (Å²) in [5.74, 6) is 0.991. The summed E-state index contributed by atoms with van der Waals surface area (Å²) in [4.78, 5) is 11.2. The average Bonchev–Trinajstić information content (AvgIpc) is 3.29. The third-order valence-corrected chi connectivity index (χ3v) is 7.41. The number of fused-ring (bicyclic) bond motifs is 3. The Kier molecular flexibility index (Phi) is 4.22. The normalized spacial score (nSPS) is 22.6. The molecule has 0 bridgehead atoms. The predicted molar refractivity (Wildman–Crippen MR) is 113 cm³/mol. The second kappa shape index (κ2) is 6.67. The molecule has 1 aliphatic heterocycles. The van der Waals surface area contributed by atoms with Crippen molar-refractivity contribution in [2.75, 3.05) is 18.0 Å². The average molecular weight is 410 g/mol. The summed E-state index contributed by atoms with van der Waals surface area (Å²) in [6.45, 7) is 3.25. The molecular formula is C21H22N4O3S. The van der Waals surface area contributed by atoms with Gasteiger partial charge in [-0.3, -0.25) is 4.98 Å². The van der Waals surface area contributed by atoms with E-state index in [1.807, 2.05) is 23.1 Å². The molecule has 0 spiro atoms. The number of pyridine rings is 2. The van der Waals surface area contributed by atoms with Crippen molar-refractivity contribution in [3.63, 3.8) is 0 Å². The van der Waals surface area contributed by atoms with Crippen molar-refractivity contribution in [2.24, 2.45) is 5.92 Å². The van der Waals surface area contributed by atoms with Gasteiger partial charge in [-0.25, -0.2) is 17.4 Å². The van der Waals surface area contributed by atoms with E-state index < -0.39 is 10.0 Å². The van der Waals surface area contributed by atoms with Crippen LogP contribution in [-0.4, -0.2) is 46.7 Å². The fourth-order valence-corrected chi connectivity index (χ4v) is 5.62. The van der Waals surface area contributed by atoms with Crippen LogP contribution in [0.4, 0.5) is 5.82 Å². The van der Waals surface area contributed by atoms with E-state index in [1.165, 1.54) is 3.97 Å². The molecule has 3 aromatic heterocycles. The van der Waals surface area contributed by atoms with E-state index >= 15 is 0 Å². The molecule has 0 saturated carbocycles.